The first-order valence-electron chi connectivity index (χ1n) is 10.5. The fourth-order valence-electron chi connectivity index (χ4n) is 4.23. The van der Waals surface area contributed by atoms with Crippen LogP contribution in [0.5, 0.6) is 0 Å². The molecule has 1 saturated heterocycles. The standard InChI is InChI=1S/C23H28N2O3S/c26-23(25-13-4-1-5-14-25)21-10-6-7-18(15-21)17-24-29(27,28)22-12-11-19-8-2-3-9-20(19)16-22/h6-7,10-12,15-16,24H,1-5,8-9,13-14,17H2. The number of rotatable bonds is 5. The Kier molecular flexibility index (Phi) is 6.01. The molecule has 1 heterocycles. The van der Waals surface area contributed by atoms with Crippen LogP contribution in [-0.2, 0) is 29.4 Å². The summed E-state index contributed by atoms with van der Waals surface area (Å²) in [7, 11) is -3.59. The van der Waals surface area contributed by atoms with Gasteiger partial charge in [0.1, 0.15) is 0 Å². The minimum Gasteiger partial charge on any atom is -0.339 e. The summed E-state index contributed by atoms with van der Waals surface area (Å²) in [5.41, 5.74) is 3.82. The molecule has 0 aromatic heterocycles. The third-order valence-corrected chi connectivity index (χ3v) is 7.31. The first-order chi connectivity index (χ1) is 14.0. The van der Waals surface area contributed by atoms with Crippen molar-refractivity contribution < 1.29 is 13.2 Å². The number of nitrogens with one attached hydrogen (secondary N) is 1. The molecule has 5 nitrogen and oxygen atoms in total. The number of sulfonamides is 1. The smallest absolute Gasteiger partial charge is 0.253 e. The summed E-state index contributed by atoms with van der Waals surface area (Å²) in [5.74, 6) is 0.0316. The molecular formula is C23H28N2O3S. The van der Waals surface area contributed by atoms with Crippen molar-refractivity contribution in [2.75, 3.05) is 13.1 Å². The van der Waals surface area contributed by atoms with Crippen LogP contribution in [0.2, 0.25) is 0 Å². The maximum absolute atomic E-state index is 12.8. The highest BCUT2D eigenvalue weighted by Gasteiger charge is 2.20. The molecule has 1 fully saturated rings. The Hall–Kier alpha value is -2.18. The van der Waals surface area contributed by atoms with E-state index in [9.17, 15) is 13.2 Å². The molecular weight excluding hydrogens is 384 g/mol. The first kappa shape index (κ1) is 20.1. The Balaban J connectivity index is 1.45. The quantitative estimate of drug-likeness (QED) is 0.815. The van der Waals surface area contributed by atoms with Crippen LogP contribution in [0.25, 0.3) is 0 Å². The predicted octanol–water partition coefficient (Wildman–Crippen LogP) is 3.67. The van der Waals surface area contributed by atoms with Gasteiger partial charge >= 0.3 is 0 Å². The van der Waals surface area contributed by atoms with E-state index in [1.807, 2.05) is 29.2 Å². The van der Waals surface area contributed by atoms with Crippen LogP contribution < -0.4 is 4.72 Å². The molecule has 0 spiro atoms. The predicted molar refractivity (Wildman–Crippen MR) is 113 cm³/mol. The summed E-state index contributed by atoms with van der Waals surface area (Å²) in [6.07, 6.45) is 7.53. The van der Waals surface area contributed by atoms with E-state index in [0.717, 1.165) is 56.3 Å². The van der Waals surface area contributed by atoms with Gasteiger partial charge in [0.25, 0.3) is 5.91 Å². The molecule has 4 rings (SSSR count). The Morgan fingerprint density at radius 1 is 0.897 bits per heavy atom. The second-order valence-electron chi connectivity index (χ2n) is 8.02. The van der Waals surface area contributed by atoms with E-state index in [2.05, 4.69) is 4.72 Å². The van der Waals surface area contributed by atoms with Gasteiger partial charge in [0.05, 0.1) is 4.90 Å². The lowest BCUT2D eigenvalue weighted by atomic mass is 9.92. The monoisotopic (exact) mass is 412 g/mol. The minimum absolute atomic E-state index is 0.0316. The fraction of sp³-hybridized carbons (Fsp3) is 0.435. The van der Waals surface area contributed by atoms with Gasteiger partial charge in [0, 0.05) is 25.2 Å². The van der Waals surface area contributed by atoms with Crippen LogP contribution in [0.3, 0.4) is 0 Å². The van der Waals surface area contributed by atoms with Crippen LogP contribution in [0.1, 0.15) is 59.2 Å². The van der Waals surface area contributed by atoms with Gasteiger partial charge in [-0.05, 0) is 85.9 Å². The zero-order valence-corrected chi connectivity index (χ0v) is 17.5. The molecule has 2 aromatic rings. The van der Waals surface area contributed by atoms with Gasteiger partial charge in [0.15, 0.2) is 0 Å². The van der Waals surface area contributed by atoms with Crippen molar-refractivity contribution >= 4 is 15.9 Å². The maximum Gasteiger partial charge on any atom is 0.253 e. The number of benzene rings is 2. The minimum atomic E-state index is -3.59. The lowest BCUT2D eigenvalue weighted by Gasteiger charge is -2.26. The van der Waals surface area contributed by atoms with E-state index >= 15 is 0 Å². The van der Waals surface area contributed by atoms with Gasteiger partial charge in [-0.2, -0.15) is 0 Å². The average molecular weight is 413 g/mol. The molecule has 1 N–H and O–H groups in total. The van der Waals surface area contributed by atoms with E-state index in [-0.39, 0.29) is 12.5 Å². The number of piperidine rings is 1. The van der Waals surface area contributed by atoms with Crippen molar-refractivity contribution in [2.45, 2.75) is 56.4 Å². The van der Waals surface area contributed by atoms with Crippen molar-refractivity contribution in [3.8, 4) is 0 Å². The number of amides is 1. The van der Waals surface area contributed by atoms with Gasteiger partial charge < -0.3 is 4.90 Å². The molecule has 6 heteroatoms. The number of carbonyl (C=O) groups excluding carboxylic acids is 1. The third kappa shape index (κ3) is 4.70. The number of hydrogen-bond donors (Lipinski definition) is 1. The summed E-state index contributed by atoms with van der Waals surface area (Å²) in [6.45, 7) is 1.77. The highest BCUT2D eigenvalue weighted by atomic mass is 32.2. The first-order valence-corrected chi connectivity index (χ1v) is 12.0. The number of likely N-dealkylation sites (tertiary alicyclic amines) is 1. The van der Waals surface area contributed by atoms with Crippen molar-refractivity contribution in [1.29, 1.82) is 0 Å². The van der Waals surface area contributed by atoms with Crippen molar-refractivity contribution in [3.05, 3.63) is 64.7 Å². The molecule has 154 valence electrons. The van der Waals surface area contributed by atoms with Crippen LogP contribution in [0, 0.1) is 0 Å². The van der Waals surface area contributed by atoms with Crippen LogP contribution in [-0.4, -0.2) is 32.3 Å². The summed E-state index contributed by atoms with van der Waals surface area (Å²) in [5, 5.41) is 0. The zero-order valence-electron chi connectivity index (χ0n) is 16.7. The van der Waals surface area contributed by atoms with E-state index in [1.54, 1.807) is 18.2 Å². The number of aryl methyl sites for hydroxylation is 2. The zero-order chi connectivity index (χ0) is 20.3. The van der Waals surface area contributed by atoms with E-state index in [1.165, 1.54) is 18.4 Å². The fourth-order valence-corrected chi connectivity index (χ4v) is 5.30. The topological polar surface area (TPSA) is 66.5 Å². The van der Waals surface area contributed by atoms with E-state index < -0.39 is 10.0 Å². The van der Waals surface area contributed by atoms with Crippen LogP contribution in [0.4, 0.5) is 0 Å². The summed E-state index contributed by atoms with van der Waals surface area (Å²) < 4.78 is 28.2. The van der Waals surface area contributed by atoms with Gasteiger partial charge in [-0.1, -0.05) is 18.2 Å². The highest BCUT2D eigenvalue weighted by Crippen LogP contribution is 2.24. The number of nitrogens with zero attached hydrogens (tertiary/aromatic N) is 1. The number of carbonyl (C=O) groups is 1. The van der Waals surface area contributed by atoms with Crippen molar-refractivity contribution in [2.24, 2.45) is 0 Å². The summed E-state index contributed by atoms with van der Waals surface area (Å²) in [6, 6.07) is 12.7. The van der Waals surface area contributed by atoms with Crippen molar-refractivity contribution in [1.82, 2.24) is 9.62 Å². The molecule has 29 heavy (non-hydrogen) atoms. The molecule has 0 unspecified atom stereocenters. The molecule has 0 atom stereocenters. The SMILES string of the molecule is O=C(c1cccc(CNS(=O)(=O)c2ccc3c(c2)CCCC3)c1)N1CCCCC1. The molecule has 0 bridgehead atoms. The van der Waals surface area contributed by atoms with Gasteiger partial charge in [0.2, 0.25) is 10.0 Å². The highest BCUT2D eigenvalue weighted by molar-refractivity contribution is 7.89. The summed E-state index contributed by atoms with van der Waals surface area (Å²) in [4.78, 5) is 14.9. The lowest BCUT2D eigenvalue weighted by molar-refractivity contribution is 0.0724. The van der Waals surface area contributed by atoms with Crippen LogP contribution >= 0.6 is 0 Å². The van der Waals surface area contributed by atoms with Crippen molar-refractivity contribution in [3.63, 3.8) is 0 Å². The van der Waals surface area contributed by atoms with E-state index in [4.69, 9.17) is 0 Å². The second-order valence-corrected chi connectivity index (χ2v) is 9.78. The lowest BCUT2D eigenvalue weighted by Crippen LogP contribution is -2.35. The van der Waals surface area contributed by atoms with Gasteiger partial charge in [-0.15, -0.1) is 0 Å². The van der Waals surface area contributed by atoms with Gasteiger partial charge in [-0.3, -0.25) is 4.79 Å². The molecule has 1 aliphatic carbocycles. The molecule has 1 amide bonds. The van der Waals surface area contributed by atoms with E-state index in [0.29, 0.717) is 10.5 Å². The van der Waals surface area contributed by atoms with Crippen LogP contribution in [0.15, 0.2) is 47.4 Å². The Morgan fingerprint density at radius 3 is 2.45 bits per heavy atom. The molecule has 1 aliphatic heterocycles. The Labute approximate surface area is 173 Å². The van der Waals surface area contributed by atoms with Gasteiger partial charge in [-0.25, -0.2) is 13.1 Å². The molecule has 0 saturated carbocycles. The Bertz CT molecular complexity index is 995. The normalized spacial score (nSPS) is 17.0. The molecule has 0 radical (unpaired) electrons. The average Bonchev–Trinajstić information content (AvgIpc) is 2.78. The largest absolute Gasteiger partial charge is 0.339 e. The molecule has 2 aromatic carbocycles. The maximum atomic E-state index is 12.8. The second kappa shape index (κ2) is 8.67. The number of fused-ring (bicyclic) bond motifs is 1. The third-order valence-electron chi connectivity index (χ3n) is 5.91. The Morgan fingerprint density at radius 2 is 1.66 bits per heavy atom. The number of hydrogen-bond acceptors (Lipinski definition) is 3. The molecule has 2 aliphatic rings. The summed E-state index contributed by atoms with van der Waals surface area (Å²) >= 11 is 0.